The van der Waals surface area contributed by atoms with Crippen LogP contribution in [-0.4, -0.2) is 43.3 Å². The Labute approximate surface area is 203 Å². The van der Waals surface area contributed by atoms with Gasteiger partial charge >= 0.3 is 6.09 Å². The van der Waals surface area contributed by atoms with Gasteiger partial charge in [0.15, 0.2) is 0 Å². The Hall–Kier alpha value is -3.98. The third kappa shape index (κ3) is 5.93. The van der Waals surface area contributed by atoms with Gasteiger partial charge in [-0.2, -0.15) is 0 Å². The van der Waals surface area contributed by atoms with E-state index in [0.29, 0.717) is 35.7 Å². The summed E-state index contributed by atoms with van der Waals surface area (Å²) in [6.07, 6.45) is 2.44. The summed E-state index contributed by atoms with van der Waals surface area (Å²) in [6, 6.07) is 14.1. The third-order valence-corrected chi connectivity index (χ3v) is 5.68. The van der Waals surface area contributed by atoms with E-state index in [0.717, 1.165) is 11.1 Å². The van der Waals surface area contributed by atoms with E-state index in [1.165, 1.54) is 17.9 Å². The number of nitrogens with zero attached hydrogens (tertiary/aromatic N) is 2. The average Bonchev–Trinajstić information content (AvgIpc) is 3.24. The minimum Gasteiger partial charge on any atom is -0.496 e. The van der Waals surface area contributed by atoms with E-state index >= 15 is 4.39 Å². The van der Waals surface area contributed by atoms with Crippen LogP contribution in [0.3, 0.4) is 0 Å². The molecule has 1 aromatic heterocycles. The fraction of sp³-hybridized carbons (Fsp3) is 0.269. The summed E-state index contributed by atoms with van der Waals surface area (Å²) in [5, 5.41) is 5.99. The average molecular weight is 479 g/mol. The number of carbonyl (C=O) groups is 2. The Balaban J connectivity index is 1.45. The molecule has 1 atom stereocenters. The number of amides is 2. The summed E-state index contributed by atoms with van der Waals surface area (Å²) in [5.41, 5.74) is 3.50. The molecule has 35 heavy (non-hydrogen) atoms. The quantitative estimate of drug-likeness (QED) is 0.488. The van der Waals surface area contributed by atoms with Crippen molar-refractivity contribution in [2.24, 2.45) is 0 Å². The Kier molecular flexibility index (Phi) is 7.57. The van der Waals surface area contributed by atoms with Crippen molar-refractivity contribution in [2.45, 2.75) is 26.1 Å². The first-order valence-electron chi connectivity index (χ1n) is 11.2. The zero-order valence-electron chi connectivity index (χ0n) is 19.6. The van der Waals surface area contributed by atoms with Crippen LogP contribution in [-0.2, 0) is 22.6 Å². The van der Waals surface area contributed by atoms with E-state index in [4.69, 9.17) is 9.47 Å². The molecule has 3 aromatic rings. The molecule has 0 bridgehead atoms. The second-order valence-corrected chi connectivity index (χ2v) is 8.21. The van der Waals surface area contributed by atoms with E-state index in [2.05, 4.69) is 15.6 Å². The maximum absolute atomic E-state index is 15.2. The third-order valence-electron chi connectivity index (χ3n) is 5.68. The van der Waals surface area contributed by atoms with Gasteiger partial charge in [0.1, 0.15) is 17.7 Å². The van der Waals surface area contributed by atoms with Gasteiger partial charge in [-0.1, -0.05) is 12.1 Å². The summed E-state index contributed by atoms with van der Waals surface area (Å²) in [5.74, 6) is -0.141. The topological polar surface area (TPSA) is 92.8 Å². The maximum atomic E-state index is 15.2. The number of methoxy groups -OCH3 is 1. The molecule has 2 heterocycles. The van der Waals surface area contributed by atoms with Gasteiger partial charge in [0.25, 0.3) is 0 Å². The summed E-state index contributed by atoms with van der Waals surface area (Å²) >= 11 is 0. The molecule has 2 amide bonds. The molecule has 2 aromatic carbocycles. The van der Waals surface area contributed by atoms with Gasteiger partial charge in [-0.15, -0.1) is 0 Å². The van der Waals surface area contributed by atoms with E-state index in [-0.39, 0.29) is 19.0 Å². The summed E-state index contributed by atoms with van der Waals surface area (Å²) < 4.78 is 26.0. The van der Waals surface area contributed by atoms with Crippen LogP contribution < -0.4 is 20.3 Å². The molecule has 182 valence electrons. The van der Waals surface area contributed by atoms with Crippen LogP contribution >= 0.6 is 0 Å². The molecule has 1 unspecified atom stereocenters. The fourth-order valence-electron chi connectivity index (χ4n) is 3.91. The number of hydrogen-bond donors (Lipinski definition) is 2. The van der Waals surface area contributed by atoms with Gasteiger partial charge < -0.3 is 20.1 Å². The van der Waals surface area contributed by atoms with Gasteiger partial charge in [0, 0.05) is 43.5 Å². The molecule has 0 aliphatic carbocycles. The molecule has 0 radical (unpaired) electrons. The number of pyridine rings is 1. The number of cyclic esters (lactones) is 1. The van der Waals surface area contributed by atoms with Crippen LogP contribution in [0.4, 0.5) is 14.9 Å². The molecule has 1 aliphatic rings. The van der Waals surface area contributed by atoms with Crippen LogP contribution in [0.25, 0.3) is 11.1 Å². The maximum Gasteiger partial charge on any atom is 0.414 e. The number of nitrogens with one attached hydrogen (secondary N) is 2. The lowest BCUT2D eigenvalue weighted by atomic mass is 10.0. The lowest BCUT2D eigenvalue weighted by molar-refractivity contribution is -0.119. The van der Waals surface area contributed by atoms with Gasteiger partial charge in [0.05, 0.1) is 25.9 Å². The second-order valence-electron chi connectivity index (χ2n) is 8.21. The van der Waals surface area contributed by atoms with Crippen molar-refractivity contribution in [3.8, 4) is 16.9 Å². The van der Waals surface area contributed by atoms with Crippen molar-refractivity contribution < 1.29 is 23.5 Å². The first kappa shape index (κ1) is 24.2. The van der Waals surface area contributed by atoms with Crippen LogP contribution in [0.5, 0.6) is 5.75 Å². The van der Waals surface area contributed by atoms with E-state index in [1.54, 1.807) is 31.6 Å². The lowest BCUT2D eigenvalue weighted by Gasteiger charge is -2.16. The predicted molar refractivity (Wildman–Crippen MR) is 129 cm³/mol. The number of halogens is 1. The molecule has 8 nitrogen and oxygen atoms in total. The molecular weight excluding hydrogens is 451 g/mol. The minimum atomic E-state index is -0.575. The second kappa shape index (κ2) is 11.0. The Bertz CT molecular complexity index is 1210. The SMILES string of the molecule is COc1cc(CNCc2ccncc2)ccc1-c1ccc(N2CC(CNC(C)=O)OC2=O)cc1F. The standard InChI is InChI=1S/C26H27FN4O4/c1-17(32)30-15-21-16-31(26(33)35-21)20-4-6-22(24(27)12-20)23-5-3-19(11-25(23)34-2)14-29-13-18-7-9-28-10-8-18/h3-12,21,29H,13-16H2,1-2H3,(H,30,32). The van der Waals surface area contributed by atoms with Crippen LogP contribution in [0.1, 0.15) is 18.1 Å². The summed E-state index contributed by atoms with van der Waals surface area (Å²) in [4.78, 5) is 28.7. The number of anilines is 1. The first-order valence-corrected chi connectivity index (χ1v) is 11.2. The summed E-state index contributed by atoms with van der Waals surface area (Å²) in [7, 11) is 1.55. The highest BCUT2D eigenvalue weighted by Gasteiger charge is 2.32. The smallest absolute Gasteiger partial charge is 0.414 e. The van der Waals surface area contributed by atoms with Crippen molar-refractivity contribution in [3.63, 3.8) is 0 Å². The van der Waals surface area contributed by atoms with Crippen LogP contribution in [0, 0.1) is 5.82 Å². The Morgan fingerprint density at radius 2 is 1.86 bits per heavy atom. The highest BCUT2D eigenvalue weighted by molar-refractivity contribution is 5.90. The lowest BCUT2D eigenvalue weighted by Crippen LogP contribution is -2.33. The summed E-state index contributed by atoms with van der Waals surface area (Å²) in [6.45, 7) is 3.15. The van der Waals surface area contributed by atoms with Crippen molar-refractivity contribution >= 4 is 17.7 Å². The van der Waals surface area contributed by atoms with E-state index in [9.17, 15) is 9.59 Å². The van der Waals surface area contributed by atoms with E-state index < -0.39 is 18.0 Å². The number of ether oxygens (including phenoxy) is 2. The highest BCUT2D eigenvalue weighted by Crippen LogP contribution is 2.35. The molecule has 2 N–H and O–H groups in total. The highest BCUT2D eigenvalue weighted by atomic mass is 19.1. The van der Waals surface area contributed by atoms with Crippen LogP contribution in [0.15, 0.2) is 60.9 Å². The molecule has 0 spiro atoms. The predicted octanol–water partition coefficient (Wildman–Crippen LogP) is 3.65. The molecule has 4 rings (SSSR count). The largest absolute Gasteiger partial charge is 0.496 e. The molecule has 0 saturated carbocycles. The molecule has 1 fully saturated rings. The van der Waals surface area contributed by atoms with Crippen molar-refractivity contribution in [2.75, 3.05) is 25.1 Å². The van der Waals surface area contributed by atoms with Gasteiger partial charge in [-0.25, -0.2) is 9.18 Å². The molecule has 9 heteroatoms. The van der Waals surface area contributed by atoms with Crippen molar-refractivity contribution in [3.05, 3.63) is 77.9 Å². The number of rotatable bonds is 9. The van der Waals surface area contributed by atoms with Gasteiger partial charge in [-0.05, 0) is 47.5 Å². The zero-order chi connectivity index (χ0) is 24.8. The Morgan fingerprint density at radius 1 is 1.11 bits per heavy atom. The normalized spacial score (nSPS) is 15.1. The van der Waals surface area contributed by atoms with Gasteiger partial charge in [-0.3, -0.25) is 14.7 Å². The number of benzene rings is 2. The first-order chi connectivity index (χ1) is 16.9. The number of hydrogen-bond acceptors (Lipinski definition) is 6. The number of aromatic nitrogens is 1. The zero-order valence-corrected chi connectivity index (χ0v) is 19.6. The molecule has 1 aliphatic heterocycles. The number of carbonyl (C=O) groups excluding carboxylic acids is 2. The molecule has 1 saturated heterocycles. The van der Waals surface area contributed by atoms with Gasteiger partial charge in [0.2, 0.25) is 5.91 Å². The fourth-order valence-corrected chi connectivity index (χ4v) is 3.91. The van der Waals surface area contributed by atoms with Crippen molar-refractivity contribution in [1.29, 1.82) is 0 Å². The Morgan fingerprint density at radius 3 is 2.57 bits per heavy atom. The van der Waals surface area contributed by atoms with E-state index in [1.807, 2.05) is 30.3 Å². The molecular formula is C26H27FN4O4. The van der Waals surface area contributed by atoms with Crippen LogP contribution in [0.2, 0.25) is 0 Å². The monoisotopic (exact) mass is 478 g/mol. The minimum absolute atomic E-state index is 0.207. The van der Waals surface area contributed by atoms with Crippen molar-refractivity contribution in [1.82, 2.24) is 15.6 Å².